The van der Waals surface area contributed by atoms with Gasteiger partial charge in [0, 0.05) is 4.88 Å². The first-order chi connectivity index (χ1) is 5.33. The van der Waals surface area contributed by atoms with Gasteiger partial charge >= 0.3 is 0 Å². The van der Waals surface area contributed by atoms with E-state index in [0.29, 0.717) is 0 Å². The van der Waals surface area contributed by atoms with Gasteiger partial charge in [-0.2, -0.15) is 0 Å². The lowest BCUT2D eigenvalue weighted by molar-refractivity contribution is 0.926. The minimum Gasteiger partial charge on any atom is -0.149 e. The van der Waals surface area contributed by atoms with Crippen LogP contribution in [0.5, 0.6) is 0 Å². The maximum absolute atomic E-state index is 2.27. The molecule has 0 aliphatic heterocycles. The molecule has 0 radical (unpaired) electrons. The highest BCUT2D eigenvalue weighted by atomic mass is 32.1. The fourth-order valence-electron chi connectivity index (χ4n) is 0.918. The van der Waals surface area contributed by atoms with Crippen LogP contribution in [0.4, 0.5) is 0 Å². The maximum atomic E-state index is 2.27. The van der Waals surface area contributed by atoms with Crippen molar-refractivity contribution in [2.45, 2.75) is 40.5 Å². The predicted molar refractivity (Wildman–Crippen MR) is 54.4 cm³/mol. The number of aryl methyl sites for hydroxylation is 2. The van der Waals surface area contributed by atoms with Gasteiger partial charge in [0.1, 0.15) is 0 Å². The van der Waals surface area contributed by atoms with Crippen LogP contribution in [0, 0.1) is 6.92 Å². The molecule has 0 amide bonds. The van der Waals surface area contributed by atoms with Gasteiger partial charge in [-0.3, -0.25) is 0 Å². The smallest absolute Gasteiger partial charge is 0.00170 e. The van der Waals surface area contributed by atoms with E-state index in [9.17, 15) is 0 Å². The van der Waals surface area contributed by atoms with Gasteiger partial charge in [-0.1, -0.05) is 27.2 Å². The summed E-state index contributed by atoms with van der Waals surface area (Å²) in [5.74, 6) is 0. The van der Waals surface area contributed by atoms with Crippen LogP contribution in [0.2, 0.25) is 0 Å². The average Bonchev–Trinajstić information content (AvgIpc) is 2.41. The molecular formula is C10H18S. The minimum absolute atomic E-state index is 1.24. The molecule has 1 rings (SSSR count). The van der Waals surface area contributed by atoms with Gasteiger partial charge < -0.3 is 0 Å². The lowest BCUT2D eigenvalue weighted by Gasteiger charge is -1.86. The summed E-state index contributed by atoms with van der Waals surface area (Å²) < 4.78 is 0. The highest BCUT2D eigenvalue weighted by molar-refractivity contribution is 7.10. The molecule has 0 unspecified atom stereocenters. The molecule has 0 spiro atoms. The highest BCUT2D eigenvalue weighted by Gasteiger charge is 1.92. The fraction of sp³-hybridized carbons (Fsp3) is 0.600. The number of hydrogen-bond donors (Lipinski definition) is 0. The molecule has 0 atom stereocenters. The summed E-state index contributed by atoms with van der Waals surface area (Å²) in [6.07, 6.45) is 2.50. The lowest BCUT2D eigenvalue weighted by atomic mass is 10.2. The van der Waals surface area contributed by atoms with Gasteiger partial charge in [-0.05, 0) is 30.4 Å². The van der Waals surface area contributed by atoms with Gasteiger partial charge in [0.25, 0.3) is 0 Å². The van der Waals surface area contributed by atoms with Gasteiger partial charge in [0.2, 0.25) is 0 Å². The van der Waals surface area contributed by atoms with E-state index < -0.39 is 0 Å². The topological polar surface area (TPSA) is 0 Å². The fourth-order valence-corrected chi connectivity index (χ4v) is 1.66. The summed E-state index contributed by atoms with van der Waals surface area (Å²) in [6, 6.07) is 2.27. The standard InChI is InChI=1S/C8H12S.C2H6/c1-3-4-8-5-7(2)9-6-8;1-2/h5-6H,3-4H2,1-2H3;1-2H3. The van der Waals surface area contributed by atoms with E-state index in [1.54, 1.807) is 0 Å². The van der Waals surface area contributed by atoms with Crippen molar-refractivity contribution >= 4 is 11.3 Å². The third-order valence-electron chi connectivity index (χ3n) is 1.32. The van der Waals surface area contributed by atoms with E-state index in [1.807, 2.05) is 25.2 Å². The molecule has 0 fully saturated rings. The normalized spacial score (nSPS) is 8.73. The monoisotopic (exact) mass is 170 g/mol. The van der Waals surface area contributed by atoms with Crippen molar-refractivity contribution in [3.05, 3.63) is 21.9 Å². The summed E-state index contributed by atoms with van der Waals surface area (Å²) in [5, 5.41) is 2.25. The zero-order valence-corrected chi connectivity index (χ0v) is 8.79. The largest absolute Gasteiger partial charge is 0.149 e. The average molecular weight is 170 g/mol. The van der Waals surface area contributed by atoms with Gasteiger partial charge in [-0.15, -0.1) is 11.3 Å². The first-order valence-electron chi connectivity index (χ1n) is 4.37. The van der Waals surface area contributed by atoms with Crippen LogP contribution < -0.4 is 0 Å². The molecule has 1 heterocycles. The second kappa shape index (κ2) is 6.41. The van der Waals surface area contributed by atoms with Gasteiger partial charge in [-0.25, -0.2) is 0 Å². The number of rotatable bonds is 2. The summed E-state index contributed by atoms with van der Waals surface area (Å²) in [7, 11) is 0. The van der Waals surface area contributed by atoms with Crippen LogP contribution in [0.25, 0.3) is 0 Å². The first kappa shape index (κ1) is 10.7. The van der Waals surface area contributed by atoms with Crippen molar-refractivity contribution < 1.29 is 0 Å². The van der Waals surface area contributed by atoms with E-state index in [2.05, 4.69) is 25.3 Å². The molecule has 0 saturated carbocycles. The molecule has 0 aliphatic carbocycles. The van der Waals surface area contributed by atoms with E-state index in [-0.39, 0.29) is 0 Å². The second-order valence-electron chi connectivity index (χ2n) is 2.32. The van der Waals surface area contributed by atoms with E-state index in [0.717, 1.165) is 0 Å². The third-order valence-corrected chi connectivity index (χ3v) is 2.23. The summed E-state index contributed by atoms with van der Waals surface area (Å²) in [4.78, 5) is 1.43. The Morgan fingerprint density at radius 1 is 1.36 bits per heavy atom. The molecule has 64 valence electrons. The van der Waals surface area contributed by atoms with Crippen molar-refractivity contribution in [2.75, 3.05) is 0 Å². The Hall–Kier alpha value is -0.300. The Morgan fingerprint density at radius 3 is 2.36 bits per heavy atom. The van der Waals surface area contributed by atoms with Crippen molar-refractivity contribution in [3.63, 3.8) is 0 Å². The van der Waals surface area contributed by atoms with Crippen LogP contribution in [-0.4, -0.2) is 0 Å². The van der Waals surface area contributed by atoms with Crippen molar-refractivity contribution in [2.24, 2.45) is 0 Å². The van der Waals surface area contributed by atoms with E-state index in [1.165, 1.54) is 23.3 Å². The summed E-state index contributed by atoms with van der Waals surface area (Å²) in [6.45, 7) is 8.37. The Morgan fingerprint density at radius 2 is 2.00 bits per heavy atom. The molecule has 0 aromatic carbocycles. The quantitative estimate of drug-likeness (QED) is 0.628. The highest BCUT2D eigenvalue weighted by Crippen LogP contribution is 2.13. The minimum atomic E-state index is 1.24. The molecule has 0 N–H and O–H groups in total. The Bertz CT molecular complexity index is 177. The van der Waals surface area contributed by atoms with Crippen LogP contribution >= 0.6 is 11.3 Å². The predicted octanol–water partition coefficient (Wildman–Crippen LogP) is 4.04. The third kappa shape index (κ3) is 4.20. The molecular weight excluding hydrogens is 152 g/mol. The van der Waals surface area contributed by atoms with Crippen LogP contribution in [0.1, 0.15) is 37.6 Å². The Balaban J connectivity index is 0.000000461. The zero-order chi connectivity index (χ0) is 8.69. The van der Waals surface area contributed by atoms with Crippen LogP contribution in [0.3, 0.4) is 0 Å². The number of thiophene rings is 1. The molecule has 0 aliphatic rings. The summed E-state index contributed by atoms with van der Waals surface area (Å²) in [5.41, 5.74) is 1.50. The van der Waals surface area contributed by atoms with Crippen molar-refractivity contribution in [1.82, 2.24) is 0 Å². The van der Waals surface area contributed by atoms with Gasteiger partial charge in [0.15, 0.2) is 0 Å². The summed E-state index contributed by atoms with van der Waals surface area (Å²) >= 11 is 1.84. The second-order valence-corrected chi connectivity index (χ2v) is 3.43. The molecule has 0 saturated heterocycles. The van der Waals surface area contributed by atoms with Gasteiger partial charge in [0.05, 0.1) is 0 Å². The Kier molecular flexibility index (Phi) is 6.24. The molecule has 1 heteroatoms. The molecule has 0 nitrogen and oxygen atoms in total. The maximum Gasteiger partial charge on any atom is 0.00170 e. The molecule has 11 heavy (non-hydrogen) atoms. The van der Waals surface area contributed by atoms with Crippen molar-refractivity contribution in [3.8, 4) is 0 Å². The zero-order valence-electron chi connectivity index (χ0n) is 7.98. The first-order valence-corrected chi connectivity index (χ1v) is 5.25. The van der Waals surface area contributed by atoms with Crippen LogP contribution in [0.15, 0.2) is 11.4 Å². The molecule has 1 aromatic rings. The SMILES string of the molecule is CC.CCCc1csc(C)c1. The molecule has 1 aromatic heterocycles. The molecule has 0 bridgehead atoms. The van der Waals surface area contributed by atoms with Crippen molar-refractivity contribution in [1.29, 1.82) is 0 Å². The van der Waals surface area contributed by atoms with Crippen LogP contribution in [-0.2, 0) is 6.42 Å². The lowest BCUT2D eigenvalue weighted by Crippen LogP contribution is -1.74. The Labute approximate surface area is 74.3 Å². The number of hydrogen-bond acceptors (Lipinski definition) is 1. The van der Waals surface area contributed by atoms with E-state index in [4.69, 9.17) is 0 Å². The van der Waals surface area contributed by atoms with E-state index >= 15 is 0 Å².